The van der Waals surface area contributed by atoms with E-state index in [4.69, 9.17) is 73.0 Å². The van der Waals surface area contributed by atoms with Gasteiger partial charge < -0.3 is 83.5 Å². The van der Waals surface area contributed by atoms with Gasteiger partial charge in [0.05, 0.1) is 46.7 Å². The van der Waals surface area contributed by atoms with Crippen LogP contribution in [0, 0.1) is 5.92 Å². The Hall–Kier alpha value is -2.18. The van der Waals surface area contributed by atoms with Crippen LogP contribution in [-0.4, -0.2) is 207 Å². The monoisotopic (exact) mass is 1240 g/mol. The Balaban J connectivity index is -0.000000131. The fraction of sp³-hybridized carbons (Fsp3) is 0.754. The van der Waals surface area contributed by atoms with E-state index in [2.05, 4.69) is 88.1 Å². The number of likely N-dealkylation sites (N-methyl/N-ethyl adjacent to an activating group) is 1. The molecule has 0 aromatic heterocycles. The van der Waals surface area contributed by atoms with Gasteiger partial charge >= 0.3 is 11.9 Å². The molecule has 0 fully saturated rings. The number of rotatable bonds is 41. The van der Waals surface area contributed by atoms with Crippen molar-refractivity contribution in [3.63, 3.8) is 0 Å². The molecule has 0 radical (unpaired) electrons. The summed E-state index contributed by atoms with van der Waals surface area (Å²) in [5.41, 5.74) is 24.0. The number of nitrogens with one attached hydrogen (secondary N) is 2. The minimum atomic E-state index is -0.455. The molecule has 0 aliphatic rings. The first-order chi connectivity index (χ1) is 38.5. The number of thioether (sulfide) groups is 4. The molecule has 16 N–H and O–H groups in total. The summed E-state index contributed by atoms with van der Waals surface area (Å²) in [4.78, 5) is 41.4. The Kier molecular flexibility index (Phi) is 96.4. The zero-order chi connectivity index (χ0) is 63.8. The molecule has 0 aromatic carbocycles. The summed E-state index contributed by atoms with van der Waals surface area (Å²) in [5, 5.41) is 56.5. The van der Waals surface area contributed by atoms with Crippen molar-refractivity contribution in [2.45, 2.75) is 113 Å². The molecular weight excluding hydrogens is 1120 g/mol. The van der Waals surface area contributed by atoms with E-state index < -0.39 is 5.97 Å². The summed E-state index contributed by atoms with van der Waals surface area (Å²) in [6.07, 6.45) is 10.2. The molecule has 81 heavy (non-hydrogen) atoms. The highest BCUT2D eigenvalue weighted by Crippen LogP contribution is 2.16. The summed E-state index contributed by atoms with van der Waals surface area (Å²) in [5.74, 6) is 9.18. The molecule has 0 amide bonds. The molecule has 20 nitrogen and oxygen atoms in total. The lowest BCUT2D eigenvalue weighted by atomic mass is 10.1. The van der Waals surface area contributed by atoms with Crippen molar-refractivity contribution in [3.05, 3.63) is 72.3 Å². The van der Waals surface area contributed by atoms with Gasteiger partial charge in [0.25, 0.3) is 0 Å². The van der Waals surface area contributed by atoms with Crippen molar-refractivity contribution >= 4 is 59.0 Å². The third-order valence-corrected chi connectivity index (χ3v) is 12.7. The van der Waals surface area contributed by atoms with Gasteiger partial charge in [0.15, 0.2) is 11.5 Å². The van der Waals surface area contributed by atoms with Crippen molar-refractivity contribution in [1.82, 2.24) is 10.6 Å². The molecule has 486 valence electrons. The van der Waals surface area contributed by atoms with Gasteiger partial charge in [-0.3, -0.25) is 0 Å². The standard InChI is InChI=1S/C14H30N2O2S.C10H19NO2.C10H20O4S.C6H10O3.C6H14O2S.C5H14N2S.C3H7N.C3H6O/c1-12(2)11-17-18-14(10-16-4)13(3)6-5-8-19-9-7-15;1-8(2)9(12)13-7-6-11-10(3,4)5;1-9(10(8-12)14-13-2)4-3-6-15-7-5-11;1-5(2)6(8)9-4-3-7;7-3-1-2-5-9-6-4-8;6-2-1-4-8-5-3-7;2*1-2-3-4/h12,16H,5-11,15H2,1-4H3;11H,1,6-7H2,2-5H3;11-12H,3-8H2,1-2H3;7H,1,3-4H2,2H3;7-8H,1-6H2;1-7H2;2H,1,3-4H2;2,4H,1,3H2/b14-13-;;10-9-;;;;;. The maximum absolute atomic E-state index is 10.9. The third kappa shape index (κ3) is 100. The number of esters is 2. The average molecular weight is 1240 g/mol. The number of unbranched alkanes of at least 4 members (excludes halogenated alkanes) is 1. The van der Waals surface area contributed by atoms with Crippen LogP contribution in [0.4, 0.5) is 0 Å². The molecule has 0 saturated carbocycles. The van der Waals surface area contributed by atoms with E-state index in [0.717, 1.165) is 122 Å². The van der Waals surface area contributed by atoms with E-state index in [1.807, 2.05) is 37.5 Å². The first-order valence-electron chi connectivity index (χ1n) is 27.4. The molecule has 0 rings (SSSR count). The van der Waals surface area contributed by atoms with Gasteiger partial charge in [0.1, 0.15) is 19.8 Å². The fourth-order valence-corrected chi connectivity index (χ4v) is 7.19. The second-order valence-electron chi connectivity index (χ2n) is 18.1. The van der Waals surface area contributed by atoms with E-state index in [0.29, 0.717) is 62.3 Å². The first-order valence-corrected chi connectivity index (χ1v) is 32.1. The van der Waals surface area contributed by atoms with Crippen molar-refractivity contribution in [2.75, 3.05) is 159 Å². The van der Waals surface area contributed by atoms with E-state index >= 15 is 0 Å². The number of carbonyl (C=O) groups excluding carboxylic acids is 2. The van der Waals surface area contributed by atoms with Gasteiger partial charge in [-0.05, 0) is 147 Å². The van der Waals surface area contributed by atoms with Gasteiger partial charge in [0, 0.05) is 72.5 Å². The van der Waals surface area contributed by atoms with Gasteiger partial charge in [-0.1, -0.05) is 39.2 Å². The van der Waals surface area contributed by atoms with Crippen LogP contribution in [0.3, 0.4) is 0 Å². The van der Waals surface area contributed by atoms with Crippen LogP contribution < -0.4 is 33.6 Å². The van der Waals surface area contributed by atoms with Gasteiger partial charge in [0.2, 0.25) is 0 Å². The zero-order valence-corrected chi connectivity index (χ0v) is 55.4. The second-order valence-corrected chi connectivity index (χ2v) is 23.0. The lowest BCUT2D eigenvalue weighted by Gasteiger charge is -2.20. The van der Waals surface area contributed by atoms with Gasteiger partial charge in [-0.15, -0.1) is 13.2 Å². The largest absolute Gasteiger partial charge is 0.461 e. The van der Waals surface area contributed by atoms with Crippen molar-refractivity contribution < 1.29 is 69.3 Å². The maximum Gasteiger partial charge on any atom is 0.333 e. The topological polar surface area (TPSA) is 339 Å². The van der Waals surface area contributed by atoms with E-state index in [1.165, 1.54) is 18.8 Å². The average Bonchev–Trinajstić information content (AvgIpc) is 3.44. The first kappa shape index (κ1) is 95.2. The Morgan fingerprint density at radius 3 is 1.40 bits per heavy atom. The van der Waals surface area contributed by atoms with Crippen molar-refractivity contribution in [3.8, 4) is 0 Å². The molecule has 0 heterocycles. The Morgan fingerprint density at radius 2 is 1.05 bits per heavy atom. The Labute approximate surface area is 509 Å². The molecule has 0 aromatic rings. The highest BCUT2D eigenvalue weighted by Gasteiger charge is 2.09. The van der Waals surface area contributed by atoms with Crippen LogP contribution in [-0.2, 0) is 38.6 Å². The van der Waals surface area contributed by atoms with Crippen molar-refractivity contribution in [1.29, 1.82) is 0 Å². The van der Waals surface area contributed by atoms with Crippen LogP contribution in [0.2, 0.25) is 0 Å². The highest BCUT2D eigenvalue weighted by atomic mass is 32.2. The number of ether oxygens (including phenoxy) is 2. The molecule has 0 spiro atoms. The summed E-state index contributed by atoms with van der Waals surface area (Å²) >= 11 is 7.23. The van der Waals surface area contributed by atoms with Crippen LogP contribution in [0.5, 0.6) is 0 Å². The summed E-state index contributed by atoms with van der Waals surface area (Å²) in [7, 11) is 3.33. The maximum atomic E-state index is 10.9. The number of allylic oxidation sites excluding steroid dienone is 2. The van der Waals surface area contributed by atoms with Crippen LogP contribution in [0.15, 0.2) is 72.3 Å². The third-order valence-electron chi connectivity index (χ3n) is 8.35. The van der Waals surface area contributed by atoms with Crippen LogP contribution >= 0.6 is 47.0 Å². The molecule has 0 unspecified atom stereocenters. The predicted molar refractivity (Wildman–Crippen MR) is 349 cm³/mol. The number of nitrogens with two attached hydrogens (primary N) is 4. The van der Waals surface area contributed by atoms with Crippen LogP contribution in [0.25, 0.3) is 0 Å². The van der Waals surface area contributed by atoms with E-state index in [-0.39, 0.29) is 51.1 Å². The minimum absolute atomic E-state index is 0.0473. The molecule has 0 aliphatic heterocycles. The van der Waals surface area contributed by atoms with Gasteiger partial charge in [-0.2, -0.15) is 56.8 Å². The van der Waals surface area contributed by atoms with E-state index in [1.54, 1.807) is 43.4 Å². The highest BCUT2D eigenvalue weighted by molar-refractivity contribution is 7.99. The lowest BCUT2D eigenvalue weighted by molar-refractivity contribution is -0.269. The van der Waals surface area contributed by atoms with Crippen LogP contribution in [0.1, 0.15) is 107 Å². The zero-order valence-electron chi connectivity index (χ0n) is 52.2. The number of aliphatic hydroxyl groups is 6. The second kappa shape index (κ2) is 82.0. The molecule has 24 heteroatoms. The molecule has 0 atom stereocenters. The predicted octanol–water partition coefficient (Wildman–Crippen LogP) is 6.29. The van der Waals surface area contributed by atoms with Gasteiger partial charge in [-0.25, -0.2) is 9.59 Å². The number of carbonyl (C=O) groups is 2. The Morgan fingerprint density at radius 1 is 0.605 bits per heavy atom. The normalized spacial score (nSPS) is 10.7. The minimum Gasteiger partial charge on any atom is -0.461 e. The quantitative estimate of drug-likeness (QED) is 0.00608. The summed E-state index contributed by atoms with van der Waals surface area (Å²) in [6, 6.07) is 0. The fourth-order valence-electron chi connectivity index (χ4n) is 4.30. The lowest BCUT2D eigenvalue weighted by Crippen LogP contribution is -2.38. The SMILES string of the molecule is C=C(C)C(=O)OCCNC(C)(C)C.C=C(C)C(=O)OCCO.C=CCN.C=CCO.CNC/C(OOCC(C)C)=C(\C)CCCSCCN.COO/C(CO)=C(/C)CCCSCCO.NCCCSCCN.OCCCCSCCO. The van der Waals surface area contributed by atoms with Crippen molar-refractivity contribution in [2.24, 2.45) is 28.9 Å². The summed E-state index contributed by atoms with van der Waals surface area (Å²) < 4.78 is 9.36. The molecule has 0 aliphatic carbocycles. The van der Waals surface area contributed by atoms with E-state index in [9.17, 15) is 9.59 Å². The molecule has 0 bridgehead atoms. The Bertz CT molecular complexity index is 1410. The molecule has 0 saturated heterocycles. The molecular formula is C57H120N6O14S4. The number of hydrogen-bond donors (Lipinski definition) is 12. The summed E-state index contributed by atoms with van der Waals surface area (Å²) in [6.45, 7) is 37.0. The smallest absolute Gasteiger partial charge is 0.333 e. The number of aliphatic hydroxyl groups excluding tert-OH is 6. The number of hydrogen-bond acceptors (Lipinski definition) is 24.